The van der Waals surface area contributed by atoms with Gasteiger partial charge in [-0.05, 0) is 57.7 Å². The van der Waals surface area contributed by atoms with Crippen molar-refractivity contribution in [1.29, 1.82) is 0 Å². The quantitative estimate of drug-likeness (QED) is 0.799. The predicted octanol–water partition coefficient (Wildman–Crippen LogP) is 4.56. The minimum Gasteiger partial charge on any atom is -0.496 e. The van der Waals surface area contributed by atoms with Crippen LogP contribution in [0.25, 0.3) is 0 Å². The Labute approximate surface area is 143 Å². The smallest absolute Gasteiger partial charge is 0.123 e. The van der Waals surface area contributed by atoms with Crippen LogP contribution in [0.3, 0.4) is 0 Å². The summed E-state index contributed by atoms with van der Waals surface area (Å²) in [6.45, 7) is 4.20. The second kappa shape index (κ2) is 6.85. The van der Waals surface area contributed by atoms with Crippen LogP contribution in [0.15, 0.2) is 46.2 Å². The van der Waals surface area contributed by atoms with Gasteiger partial charge in [0.15, 0.2) is 0 Å². The molecule has 0 aromatic heterocycles. The maximum absolute atomic E-state index is 5.55. The Morgan fingerprint density at radius 3 is 2.61 bits per heavy atom. The number of fused-ring (bicyclic) bond motifs is 2. The van der Waals surface area contributed by atoms with E-state index in [1.807, 2.05) is 11.8 Å². The van der Waals surface area contributed by atoms with E-state index in [-0.39, 0.29) is 0 Å². The van der Waals surface area contributed by atoms with Crippen LogP contribution >= 0.6 is 11.8 Å². The summed E-state index contributed by atoms with van der Waals surface area (Å²) in [7, 11) is 6.00. The molecule has 0 saturated carbocycles. The fourth-order valence-electron chi connectivity index (χ4n) is 2.96. The second-order valence-corrected chi connectivity index (χ2v) is 7.25. The monoisotopic (exact) mass is 328 g/mol. The maximum Gasteiger partial charge on any atom is 0.123 e. The maximum atomic E-state index is 5.55. The molecule has 0 fully saturated rings. The van der Waals surface area contributed by atoms with Crippen LogP contribution in [0.4, 0.5) is 11.4 Å². The van der Waals surface area contributed by atoms with E-state index < -0.39 is 0 Å². The Morgan fingerprint density at radius 2 is 1.87 bits per heavy atom. The Balaban J connectivity index is 1.99. The van der Waals surface area contributed by atoms with E-state index in [0.717, 1.165) is 25.3 Å². The van der Waals surface area contributed by atoms with Gasteiger partial charge in [-0.3, -0.25) is 0 Å². The van der Waals surface area contributed by atoms with Gasteiger partial charge in [0.05, 0.1) is 18.5 Å². The number of benzene rings is 2. The molecule has 1 aliphatic rings. The third-order valence-electron chi connectivity index (χ3n) is 4.13. The molecular formula is C19H24N2OS. The zero-order chi connectivity index (χ0) is 16.4. The highest BCUT2D eigenvalue weighted by Gasteiger charge is 2.24. The van der Waals surface area contributed by atoms with Crippen molar-refractivity contribution < 1.29 is 4.74 Å². The van der Waals surface area contributed by atoms with Crippen molar-refractivity contribution in [3.63, 3.8) is 0 Å². The summed E-state index contributed by atoms with van der Waals surface area (Å²) in [6.07, 6.45) is 1.13. The first-order chi connectivity index (χ1) is 11.1. The average Bonchev–Trinajstić information content (AvgIpc) is 2.53. The molecule has 0 aliphatic carbocycles. The standard InChI is InChI=1S/C19H24N2OS/c1-14-12-19-16(13-17(14)22-4)21(11-7-10-20(2)3)15-8-5-6-9-18(15)23-19/h5-6,8-9,12-13H,7,10-11H2,1-4H3. The Bertz CT molecular complexity index is 700. The van der Waals surface area contributed by atoms with E-state index in [1.165, 1.54) is 26.7 Å². The molecule has 0 bridgehead atoms. The van der Waals surface area contributed by atoms with E-state index in [2.05, 4.69) is 67.2 Å². The minimum absolute atomic E-state index is 0.960. The number of anilines is 2. The van der Waals surface area contributed by atoms with Crippen molar-refractivity contribution in [2.45, 2.75) is 23.1 Å². The van der Waals surface area contributed by atoms with Crippen molar-refractivity contribution in [2.24, 2.45) is 0 Å². The Kier molecular flexibility index (Phi) is 4.83. The molecule has 0 N–H and O–H groups in total. The summed E-state index contributed by atoms with van der Waals surface area (Å²) < 4.78 is 5.55. The number of nitrogens with zero attached hydrogens (tertiary/aromatic N) is 2. The fourth-order valence-corrected chi connectivity index (χ4v) is 4.14. The lowest BCUT2D eigenvalue weighted by Crippen LogP contribution is -2.25. The number of methoxy groups -OCH3 is 1. The molecule has 1 aliphatic heterocycles. The largest absolute Gasteiger partial charge is 0.496 e. The van der Waals surface area contributed by atoms with Gasteiger partial charge in [-0.1, -0.05) is 23.9 Å². The van der Waals surface area contributed by atoms with Crippen molar-refractivity contribution in [3.8, 4) is 5.75 Å². The molecule has 0 atom stereocenters. The highest BCUT2D eigenvalue weighted by molar-refractivity contribution is 7.99. The average molecular weight is 328 g/mol. The lowest BCUT2D eigenvalue weighted by molar-refractivity contribution is 0.402. The first kappa shape index (κ1) is 16.2. The van der Waals surface area contributed by atoms with Gasteiger partial charge >= 0.3 is 0 Å². The summed E-state index contributed by atoms with van der Waals surface area (Å²) >= 11 is 1.85. The van der Waals surface area contributed by atoms with E-state index in [0.29, 0.717) is 0 Å². The van der Waals surface area contributed by atoms with Gasteiger partial charge in [0.2, 0.25) is 0 Å². The van der Waals surface area contributed by atoms with Gasteiger partial charge in [-0.15, -0.1) is 0 Å². The van der Waals surface area contributed by atoms with Crippen molar-refractivity contribution in [2.75, 3.05) is 39.2 Å². The summed E-state index contributed by atoms with van der Waals surface area (Å²) in [5.74, 6) is 0.960. The molecule has 0 spiro atoms. The lowest BCUT2D eigenvalue weighted by Gasteiger charge is -2.33. The van der Waals surface area contributed by atoms with Gasteiger partial charge < -0.3 is 14.5 Å². The molecule has 0 radical (unpaired) electrons. The van der Waals surface area contributed by atoms with Gasteiger partial charge in [-0.2, -0.15) is 0 Å². The molecule has 0 amide bonds. The van der Waals surface area contributed by atoms with Gasteiger partial charge in [-0.25, -0.2) is 0 Å². The third-order valence-corrected chi connectivity index (χ3v) is 5.24. The molecule has 122 valence electrons. The zero-order valence-corrected chi connectivity index (χ0v) is 15.1. The Morgan fingerprint density at radius 1 is 1.09 bits per heavy atom. The molecule has 23 heavy (non-hydrogen) atoms. The first-order valence-electron chi connectivity index (χ1n) is 7.98. The van der Waals surface area contributed by atoms with Crippen molar-refractivity contribution in [1.82, 2.24) is 4.90 Å². The highest BCUT2D eigenvalue weighted by Crippen LogP contribution is 2.49. The number of ether oxygens (including phenoxy) is 1. The molecule has 1 heterocycles. The van der Waals surface area contributed by atoms with Crippen LogP contribution in [0.5, 0.6) is 5.75 Å². The highest BCUT2D eigenvalue weighted by atomic mass is 32.2. The SMILES string of the molecule is COc1cc2c(cc1C)Sc1ccccc1N2CCCN(C)C. The van der Waals surface area contributed by atoms with E-state index in [4.69, 9.17) is 4.74 Å². The van der Waals surface area contributed by atoms with Crippen LogP contribution in [-0.2, 0) is 0 Å². The van der Waals surface area contributed by atoms with Gasteiger partial charge in [0, 0.05) is 22.4 Å². The summed E-state index contributed by atoms with van der Waals surface area (Å²) in [6, 6.07) is 13.1. The van der Waals surface area contributed by atoms with E-state index in [9.17, 15) is 0 Å². The number of hydrogen-bond donors (Lipinski definition) is 0. The van der Waals surface area contributed by atoms with Crippen LogP contribution in [0.2, 0.25) is 0 Å². The van der Waals surface area contributed by atoms with Crippen LogP contribution in [-0.4, -0.2) is 39.2 Å². The number of aryl methyl sites for hydroxylation is 1. The molecule has 0 unspecified atom stereocenters. The molecule has 4 heteroatoms. The number of para-hydroxylation sites is 1. The third kappa shape index (κ3) is 3.33. The lowest BCUT2D eigenvalue weighted by atomic mass is 10.1. The first-order valence-corrected chi connectivity index (χ1v) is 8.79. The molecule has 3 nitrogen and oxygen atoms in total. The fraction of sp³-hybridized carbons (Fsp3) is 0.368. The molecule has 3 rings (SSSR count). The molecular weight excluding hydrogens is 304 g/mol. The predicted molar refractivity (Wildman–Crippen MR) is 98.5 cm³/mol. The topological polar surface area (TPSA) is 15.7 Å². The van der Waals surface area contributed by atoms with Crippen molar-refractivity contribution in [3.05, 3.63) is 42.0 Å². The van der Waals surface area contributed by atoms with Crippen molar-refractivity contribution >= 4 is 23.1 Å². The molecule has 0 saturated heterocycles. The normalized spacial score (nSPS) is 13.0. The van der Waals surface area contributed by atoms with Gasteiger partial charge in [0.25, 0.3) is 0 Å². The Hall–Kier alpha value is -1.65. The van der Waals surface area contributed by atoms with Crippen LogP contribution in [0.1, 0.15) is 12.0 Å². The summed E-state index contributed by atoms with van der Waals surface area (Å²) in [4.78, 5) is 7.31. The second-order valence-electron chi connectivity index (χ2n) is 6.17. The summed E-state index contributed by atoms with van der Waals surface area (Å²) in [5.41, 5.74) is 3.75. The minimum atomic E-state index is 0.960. The van der Waals surface area contributed by atoms with E-state index in [1.54, 1.807) is 7.11 Å². The van der Waals surface area contributed by atoms with E-state index >= 15 is 0 Å². The number of rotatable bonds is 5. The van der Waals surface area contributed by atoms with Crippen LogP contribution < -0.4 is 9.64 Å². The zero-order valence-electron chi connectivity index (χ0n) is 14.3. The number of hydrogen-bond acceptors (Lipinski definition) is 4. The summed E-state index contributed by atoms with van der Waals surface area (Å²) in [5, 5.41) is 0. The molecule has 2 aromatic rings. The molecule has 2 aromatic carbocycles. The van der Waals surface area contributed by atoms with Gasteiger partial charge in [0.1, 0.15) is 5.75 Å². The van der Waals surface area contributed by atoms with Crippen LogP contribution in [0, 0.1) is 6.92 Å².